The quantitative estimate of drug-likeness (QED) is 0.617. The Bertz CT molecular complexity index is 1220. The topological polar surface area (TPSA) is 92.8 Å². The van der Waals surface area contributed by atoms with Gasteiger partial charge in [0.1, 0.15) is 0 Å². The molecular weight excluding hydrogens is 406 g/mol. The molecule has 0 bridgehead atoms. The maximum atomic E-state index is 12.8. The van der Waals surface area contributed by atoms with Crippen LogP contribution in [0.4, 0.5) is 0 Å². The van der Waals surface area contributed by atoms with Crippen molar-refractivity contribution in [2.24, 2.45) is 0 Å². The van der Waals surface area contributed by atoms with E-state index in [2.05, 4.69) is 0 Å². The number of sulfonamides is 1. The van der Waals surface area contributed by atoms with Gasteiger partial charge >= 0.3 is 5.76 Å². The van der Waals surface area contributed by atoms with Crippen LogP contribution in [0.1, 0.15) is 12.0 Å². The molecule has 0 aliphatic carbocycles. The Morgan fingerprint density at radius 2 is 1.67 bits per heavy atom. The largest absolute Gasteiger partial charge is 0.419 e. The Kier molecular flexibility index (Phi) is 5.48. The molecule has 0 saturated carbocycles. The van der Waals surface area contributed by atoms with Gasteiger partial charge in [0.25, 0.3) is 0 Å². The number of carbonyl (C=O) groups excluding carboxylic acids is 1. The van der Waals surface area contributed by atoms with Crippen LogP contribution in [0.2, 0.25) is 0 Å². The number of benzene rings is 2. The molecule has 1 saturated heterocycles. The monoisotopic (exact) mass is 429 g/mol. The molecule has 3 aromatic rings. The third kappa shape index (κ3) is 3.90. The molecule has 1 fully saturated rings. The molecule has 0 unspecified atom stereocenters. The Balaban J connectivity index is 1.37. The number of oxazole rings is 1. The first kappa shape index (κ1) is 20.4. The van der Waals surface area contributed by atoms with Gasteiger partial charge in [0, 0.05) is 39.1 Å². The Morgan fingerprint density at radius 1 is 1.00 bits per heavy atom. The van der Waals surface area contributed by atoms with E-state index < -0.39 is 15.8 Å². The highest BCUT2D eigenvalue weighted by molar-refractivity contribution is 7.89. The van der Waals surface area contributed by atoms with Crippen LogP contribution in [-0.4, -0.2) is 54.3 Å². The number of carbonyl (C=O) groups is 1. The summed E-state index contributed by atoms with van der Waals surface area (Å²) in [5, 5.41) is 0. The van der Waals surface area contributed by atoms with Crippen molar-refractivity contribution in [1.82, 2.24) is 13.8 Å². The molecule has 0 radical (unpaired) electrons. The van der Waals surface area contributed by atoms with Crippen molar-refractivity contribution in [1.29, 1.82) is 0 Å². The van der Waals surface area contributed by atoms with Gasteiger partial charge in [-0.15, -0.1) is 0 Å². The molecule has 30 heavy (non-hydrogen) atoms. The Morgan fingerprint density at radius 3 is 2.37 bits per heavy atom. The molecule has 4 rings (SSSR count). The fourth-order valence-electron chi connectivity index (χ4n) is 3.63. The lowest BCUT2D eigenvalue weighted by Gasteiger charge is -2.34. The summed E-state index contributed by atoms with van der Waals surface area (Å²) in [5.41, 5.74) is 2.14. The van der Waals surface area contributed by atoms with Gasteiger partial charge in [0.2, 0.25) is 15.9 Å². The maximum absolute atomic E-state index is 12.8. The van der Waals surface area contributed by atoms with E-state index in [9.17, 15) is 18.0 Å². The summed E-state index contributed by atoms with van der Waals surface area (Å²) in [7, 11) is -3.57. The standard InChI is InChI=1S/C21H23N3O5S/c1-16-6-8-17(9-7-16)30(27,28)23-14-12-22(13-15-23)20(25)10-11-24-18-4-2-3-5-19(18)29-21(24)26/h2-9H,10-15H2,1H3. The second kappa shape index (κ2) is 8.08. The lowest BCUT2D eigenvalue weighted by atomic mass is 10.2. The van der Waals surface area contributed by atoms with E-state index in [-0.39, 0.29) is 36.9 Å². The van der Waals surface area contributed by atoms with Gasteiger partial charge in [0.15, 0.2) is 5.58 Å². The first-order valence-corrected chi connectivity index (χ1v) is 11.2. The molecule has 2 heterocycles. The summed E-state index contributed by atoms with van der Waals surface area (Å²) < 4.78 is 33.6. The smallest absolute Gasteiger partial charge is 0.408 e. The fourth-order valence-corrected chi connectivity index (χ4v) is 5.05. The van der Waals surface area contributed by atoms with E-state index in [0.29, 0.717) is 24.2 Å². The summed E-state index contributed by atoms with van der Waals surface area (Å²) in [6, 6.07) is 13.8. The van der Waals surface area contributed by atoms with Crippen molar-refractivity contribution in [3.05, 3.63) is 64.6 Å². The molecule has 2 aromatic carbocycles. The van der Waals surface area contributed by atoms with Gasteiger partial charge in [-0.1, -0.05) is 29.8 Å². The van der Waals surface area contributed by atoms with E-state index in [1.165, 1.54) is 8.87 Å². The third-order valence-electron chi connectivity index (χ3n) is 5.37. The Labute approximate surface area is 174 Å². The van der Waals surface area contributed by atoms with Gasteiger partial charge in [-0.25, -0.2) is 13.2 Å². The first-order valence-electron chi connectivity index (χ1n) is 9.79. The van der Waals surface area contributed by atoms with Crippen LogP contribution in [0.5, 0.6) is 0 Å². The van der Waals surface area contributed by atoms with Gasteiger partial charge in [-0.3, -0.25) is 9.36 Å². The molecule has 0 spiro atoms. The number of hydrogen-bond acceptors (Lipinski definition) is 5. The zero-order valence-corrected chi connectivity index (χ0v) is 17.5. The minimum absolute atomic E-state index is 0.112. The highest BCUT2D eigenvalue weighted by Gasteiger charge is 2.30. The molecule has 1 aliphatic heterocycles. The number of piperazine rings is 1. The van der Waals surface area contributed by atoms with Crippen molar-refractivity contribution < 1.29 is 17.6 Å². The molecular formula is C21H23N3O5S. The van der Waals surface area contributed by atoms with Crippen molar-refractivity contribution in [2.45, 2.75) is 24.8 Å². The fraction of sp³-hybridized carbons (Fsp3) is 0.333. The number of para-hydroxylation sites is 2. The first-order chi connectivity index (χ1) is 14.4. The summed E-state index contributed by atoms with van der Waals surface area (Å²) in [5.74, 6) is -0.599. The minimum Gasteiger partial charge on any atom is -0.408 e. The van der Waals surface area contributed by atoms with Crippen LogP contribution in [0, 0.1) is 6.92 Å². The van der Waals surface area contributed by atoms with E-state index in [4.69, 9.17) is 4.42 Å². The number of fused-ring (bicyclic) bond motifs is 1. The van der Waals surface area contributed by atoms with Crippen LogP contribution in [-0.2, 0) is 21.4 Å². The van der Waals surface area contributed by atoms with Gasteiger partial charge < -0.3 is 9.32 Å². The maximum Gasteiger partial charge on any atom is 0.419 e. The molecule has 1 aliphatic rings. The number of amides is 1. The van der Waals surface area contributed by atoms with E-state index in [1.807, 2.05) is 13.0 Å². The normalized spacial score (nSPS) is 15.6. The molecule has 0 atom stereocenters. The molecule has 8 nitrogen and oxygen atoms in total. The third-order valence-corrected chi connectivity index (χ3v) is 7.29. The van der Waals surface area contributed by atoms with Gasteiger partial charge in [-0.05, 0) is 31.2 Å². The highest BCUT2D eigenvalue weighted by atomic mass is 32.2. The second-order valence-corrected chi connectivity index (χ2v) is 9.27. The number of rotatable bonds is 5. The van der Waals surface area contributed by atoms with Crippen LogP contribution in [0.15, 0.2) is 62.6 Å². The van der Waals surface area contributed by atoms with E-state index in [1.54, 1.807) is 47.4 Å². The highest BCUT2D eigenvalue weighted by Crippen LogP contribution is 2.19. The molecule has 158 valence electrons. The van der Waals surface area contributed by atoms with Crippen LogP contribution >= 0.6 is 0 Å². The lowest BCUT2D eigenvalue weighted by molar-refractivity contribution is -0.132. The van der Waals surface area contributed by atoms with Crippen molar-refractivity contribution >= 4 is 27.0 Å². The minimum atomic E-state index is -3.57. The van der Waals surface area contributed by atoms with Crippen molar-refractivity contribution in [3.63, 3.8) is 0 Å². The zero-order valence-electron chi connectivity index (χ0n) is 16.7. The second-order valence-electron chi connectivity index (χ2n) is 7.34. The predicted molar refractivity (Wildman–Crippen MR) is 112 cm³/mol. The van der Waals surface area contributed by atoms with E-state index >= 15 is 0 Å². The summed E-state index contributed by atoms with van der Waals surface area (Å²) in [6.07, 6.45) is 0.147. The van der Waals surface area contributed by atoms with Crippen molar-refractivity contribution in [2.75, 3.05) is 26.2 Å². The summed E-state index contributed by atoms with van der Waals surface area (Å²) in [6.45, 7) is 3.26. The molecule has 1 aromatic heterocycles. The zero-order chi connectivity index (χ0) is 21.3. The average Bonchev–Trinajstić information content (AvgIpc) is 3.07. The Hall–Kier alpha value is -2.91. The summed E-state index contributed by atoms with van der Waals surface area (Å²) in [4.78, 5) is 26.6. The van der Waals surface area contributed by atoms with Gasteiger partial charge in [0.05, 0.1) is 10.4 Å². The van der Waals surface area contributed by atoms with Gasteiger partial charge in [-0.2, -0.15) is 4.31 Å². The number of aromatic nitrogens is 1. The SMILES string of the molecule is Cc1ccc(S(=O)(=O)N2CCN(C(=O)CCn3c(=O)oc4ccccc43)CC2)cc1. The lowest BCUT2D eigenvalue weighted by Crippen LogP contribution is -2.50. The van der Waals surface area contributed by atoms with Crippen molar-refractivity contribution in [3.8, 4) is 0 Å². The molecule has 1 amide bonds. The van der Waals surface area contributed by atoms with Crippen LogP contribution in [0.25, 0.3) is 11.1 Å². The van der Waals surface area contributed by atoms with Crippen LogP contribution < -0.4 is 5.76 Å². The average molecular weight is 429 g/mol. The molecule has 9 heteroatoms. The van der Waals surface area contributed by atoms with Crippen LogP contribution in [0.3, 0.4) is 0 Å². The predicted octanol–water partition coefficient (Wildman–Crippen LogP) is 1.83. The number of hydrogen-bond donors (Lipinski definition) is 0. The number of nitrogens with zero attached hydrogens (tertiary/aromatic N) is 3. The number of aryl methyl sites for hydroxylation is 2. The summed E-state index contributed by atoms with van der Waals surface area (Å²) >= 11 is 0. The van der Waals surface area contributed by atoms with E-state index in [0.717, 1.165) is 5.56 Å². The molecule has 0 N–H and O–H groups in total.